The standard InChI is InChI=1S/C25H23F2N3O3/c1-32-23-12-16-9-10-28-21(19(16)14-24(23)33-2)11-15-3-6-18(7-4-15)29-25(31)30-22-13-17(26)5-8-20(22)27/h3-8,12-14H,9-11H2,1-2H3,(H2,29,30,31). The Hall–Kier alpha value is -3.94. The monoisotopic (exact) mass is 451 g/mol. The van der Waals surface area contributed by atoms with Crippen molar-refractivity contribution < 1.29 is 23.0 Å². The van der Waals surface area contributed by atoms with E-state index < -0.39 is 17.7 Å². The smallest absolute Gasteiger partial charge is 0.323 e. The number of benzene rings is 3. The number of ether oxygens (including phenoxy) is 2. The van der Waals surface area contributed by atoms with Crippen LogP contribution in [0.5, 0.6) is 11.5 Å². The van der Waals surface area contributed by atoms with E-state index in [4.69, 9.17) is 14.5 Å². The van der Waals surface area contributed by atoms with E-state index in [-0.39, 0.29) is 5.69 Å². The molecule has 0 saturated heterocycles. The van der Waals surface area contributed by atoms with E-state index in [9.17, 15) is 13.6 Å². The lowest BCUT2D eigenvalue weighted by Gasteiger charge is -2.20. The van der Waals surface area contributed by atoms with Gasteiger partial charge in [0.15, 0.2) is 11.5 Å². The van der Waals surface area contributed by atoms with Gasteiger partial charge in [0.1, 0.15) is 11.6 Å². The fraction of sp³-hybridized carbons (Fsp3) is 0.200. The zero-order valence-corrected chi connectivity index (χ0v) is 18.2. The number of nitrogens with zero attached hydrogens (tertiary/aromatic N) is 1. The zero-order valence-electron chi connectivity index (χ0n) is 18.2. The number of urea groups is 1. The number of hydrogen-bond acceptors (Lipinski definition) is 4. The number of nitrogens with one attached hydrogen (secondary N) is 2. The van der Waals surface area contributed by atoms with Gasteiger partial charge in [0.2, 0.25) is 0 Å². The van der Waals surface area contributed by atoms with E-state index in [1.165, 1.54) is 0 Å². The number of carbonyl (C=O) groups excluding carboxylic acids is 1. The molecule has 4 rings (SSSR count). The zero-order chi connectivity index (χ0) is 23.4. The second kappa shape index (κ2) is 9.68. The van der Waals surface area contributed by atoms with Gasteiger partial charge >= 0.3 is 6.03 Å². The second-order valence-corrected chi connectivity index (χ2v) is 7.52. The summed E-state index contributed by atoms with van der Waals surface area (Å²) in [7, 11) is 3.22. The van der Waals surface area contributed by atoms with Gasteiger partial charge in [-0.25, -0.2) is 13.6 Å². The maximum absolute atomic E-state index is 13.7. The molecule has 1 aliphatic heterocycles. The molecular weight excluding hydrogens is 428 g/mol. The van der Waals surface area contributed by atoms with Crippen molar-refractivity contribution in [3.05, 3.63) is 82.9 Å². The summed E-state index contributed by atoms with van der Waals surface area (Å²) in [6.45, 7) is 0.703. The number of rotatable bonds is 6. The molecule has 0 aromatic heterocycles. The van der Waals surface area contributed by atoms with E-state index in [1.807, 2.05) is 24.3 Å². The molecule has 2 N–H and O–H groups in total. The van der Waals surface area contributed by atoms with Gasteiger partial charge in [-0.1, -0.05) is 12.1 Å². The van der Waals surface area contributed by atoms with Crippen molar-refractivity contribution in [2.45, 2.75) is 12.8 Å². The van der Waals surface area contributed by atoms with Gasteiger partial charge in [0, 0.05) is 36.0 Å². The predicted molar refractivity (Wildman–Crippen MR) is 124 cm³/mol. The molecule has 0 saturated carbocycles. The molecule has 3 aromatic carbocycles. The summed E-state index contributed by atoms with van der Waals surface area (Å²) in [6.07, 6.45) is 1.45. The van der Waals surface area contributed by atoms with Crippen LogP contribution >= 0.6 is 0 Å². The average Bonchev–Trinajstić information content (AvgIpc) is 2.82. The van der Waals surface area contributed by atoms with E-state index in [2.05, 4.69) is 10.6 Å². The highest BCUT2D eigenvalue weighted by atomic mass is 19.1. The van der Waals surface area contributed by atoms with Crippen molar-refractivity contribution in [2.75, 3.05) is 31.4 Å². The molecule has 3 aromatic rings. The van der Waals surface area contributed by atoms with Crippen LogP contribution in [-0.2, 0) is 12.8 Å². The van der Waals surface area contributed by atoms with E-state index in [1.54, 1.807) is 26.4 Å². The normalized spacial score (nSPS) is 12.4. The molecule has 170 valence electrons. The minimum atomic E-state index is -0.718. The van der Waals surface area contributed by atoms with E-state index in [0.717, 1.165) is 47.0 Å². The number of carbonyl (C=O) groups is 1. The molecule has 0 unspecified atom stereocenters. The van der Waals surface area contributed by atoms with Crippen LogP contribution in [0.25, 0.3) is 0 Å². The minimum Gasteiger partial charge on any atom is -0.493 e. The van der Waals surface area contributed by atoms with Crippen molar-refractivity contribution in [3.63, 3.8) is 0 Å². The third-order valence-corrected chi connectivity index (χ3v) is 5.36. The first-order chi connectivity index (χ1) is 16.0. The molecule has 0 fully saturated rings. The molecule has 0 aliphatic carbocycles. The highest BCUT2D eigenvalue weighted by Crippen LogP contribution is 2.33. The SMILES string of the molecule is COc1cc2c(cc1OC)C(Cc1ccc(NC(=O)Nc3cc(F)ccc3F)cc1)=NCC2. The van der Waals surface area contributed by atoms with Gasteiger partial charge in [0.25, 0.3) is 0 Å². The van der Waals surface area contributed by atoms with E-state index in [0.29, 0.717) is 30.2 Å². The van der Waals surface area contributed by atoms with Crippen LogP contribution in [0.2, 0.25) is 0 Å². The molecule has 6 nitrogen and oxygen atoms in total. The summed E-state index contributed by atoms with van der Waals surface area (Å²) in [5.74, 6) is -0.000487. The molecule has 0 radical (unpaired) electrons. The Bertz CT molecular complexity index is 1210. The minimum absolute atomic E-state index is 0.231. The van der Waals surface area contributed by atoms with Crippen LogP contribution < -0.4 is 20.1 Å². The largest absolute Gasteiger partial charge is 0.493 e. The highest BCUT2D eigenvalue weighted by molar-refractivity contribution is 6.04. The summed E-state index contributed by atoms with van der Waals surface area (Å²) in [5, 5.41) is 4.92. The Kier molecular flexibility index (Phi) is 6.53. The fourth-order valence-electron chi connectivity index (χ4n) is 3.72. The number of anilines is 2. The average molecular weight is 451 g/mol. The van der Waals surface area contributed by atoms with Crippen molar-refractivity contribution in [1.29, 1.82) is 0 Å². The molecule has 1 heterocycles. The van der Waals surface area contributed by atoms with Crippen LogP contribution in [0.3, 0.4) is 0 Å². The molecule has 8 heteroatoms. The number of fused-ring (bicyclic) bond motifs is 1. The van der Waals surface area contributed by atoms with Crippen LogP contribution in [0.4, 0.5) is 25.0 Å². The molecule has 0 spiro atoms. The molecule has 33 heavy (non-hydrogen) atoms. The first kappa shape index (κ1) is 22.3. The molecule has 0 bridgehead atoms. The Labute approximate surface area is 190 Å². The Balaban J connectivity index is 1.44. The summed E-state index contributed by atoms with van der Waals surface area (Å²) >= 11 is 0. The first-order valence-electron chi connectivity index (χ1n) is 10.4. The number of hydrogen-bond donors (Lipinski definition) is 2. The van der Waals surface area contributed by atoms with Gasteiger partial charge < -0.3 is 20.1 Å². The first-order valence-corrected chi connectivity index (χ1v) is 10.4. The van der Waals surface area contributed by atoms with Crippen LogP contribution in [0.15, 0.2) is 59.6 Å². The van der Waals surface area contributed by atoms with Gasteiger partial charge in [-0.2, -0.15) is 0 Å². The second-order valence-electron chi connectivity index (χ2n) is 7.52. The Morgan fingerprint density at radius 1 is 0.970 bits per heavy atom. The lowest BCUT2D eigenvalue weighted by molar-refractivity contribution is 0.262. The van der Waals surface area contributed by atoms with E-state index >= 15 is 0 Å². The van der Waals surface area contributed by atoms with Crippen LogP contribution in [0, 0.1) is 11.6 Å². The number of halogens is 2. The molecule has 2 amide bonds. The third-order valence-electron chi connectivity index (χ3n) is 5.36. The van der Waals surface area contributed by atoms with Gasteiger partial charge in [-0.05, 0) is 53.9 Å². The number of amides is 2. The summed E-state index contributed by atoms with van der Waals surface area (Å²) in [4.78, 5) is 16.8. The van der Waals surface area contributed by atoms with Crippen LogP contribution in [0.1, 0.15) is 16.7 Å². The van der Waals surface area contributed by atoms with Gasteiger partial charge in [-0.3, -0.25) is 4.99 Å². The Morgan fingerprint density at radius 2 is 1.70 bits per heavy atom. The third kappa shape index (κ3) is 5.11. The molecule has 1 aliphatic rings. The molecule has 0 atom stereocenters. The lowest BCUT2D eigenvalue weighted by Crippen LogP contribution is -2.20. The summed E-state index contributed by atoms with van der Waals surface area (Å²) in [5.41, 5.74) is 4.46. The van der Waals surface area contributed by atoms with Gasteiger partial charge in [-0.15, -0.1) is 0 Å². The van der Waals surface area contributed by atoms with Crippen LogP contribution in [-0.4, -0.2) is 32.5 Å². The predicted octanol–water partition coefficient (Wildman–Crippen LogP) is 5.21. The Morgan fingerprint density at radius 3 is 2.42 bits per heavy atom. The summed E-state index contributed by atoms with van der Waals surface area (Å²) in [6, 6.07) is 13.4. The van der Waals surface area contributed by atoms with Crippen molar-refractivity contribution in [2.24, 2.45) is 4.99 Å². The maximum Gasteiger partial charge on any atom is 0.323 e. The lowest BCUT2D eigenvalue weighted by atomic mass is 9.93. The van der Waals surface area contributed by atoms with Crippen molar-refractivity contribution in [1.82, 2.24) is 0 Å². The fourth-order valence-corrected chi connectivity index (χ4v) is 3.72. The summed E-state index contributed by atoms with van der Waals surface area (Å²) < 4.78 is 37.8. The number of methoxy groups -OCH3 is 2. The van der Waals surface area contributed by atoms with Crippen molar-refractivity contribution >= 4 is 23.1 Å². The highest BCUT2D eigenvalue weighted by Gasteiger charge is 2.19. The quantitative estimate of drug-likeness (QED) is 0.540. The van der Waals surface area contributed by atoms with Gasteiger partial charge in [0.05, 0.1) is 19.9 Å². The van der Waals surface area contributed by atoms with Crippen molar-refractivity contribution in [3.8, 4) is 11.5 Å². The maximum atomic E-state index is 13.7. The molecular formula is C25H23F2N3O3. The number of aliphatic imine (C=N–C) groups is 1. The topological polar surface area (TPSA) is 72.0 Å².